The number of rotatable bonds is 3. The molecule has 0 radical (unpaired) electrons. The second-order valence-electron chi connectivity index (χ2n) is 3.49. The summed E-state index contributed by atoms with van der Waals surface area (Å²) >= 11 is 0. The molecule has 18 heavy (non-hydrogen) atoms. The van der Waals surface area contributed by atoms with Gasteiger partial charge in [-0.25, -0.2) is 4.98 Å². The predicted octanol–water partition coefficient (Wildman–Crippen LogP) is 2.07. The van der Waals surface area contributed by atoms with Crippen molar-refractivity contribution in [2.45, 2.75) is 6.92 Å². The summed E-state index contributed by atoms with van der Waals surface area (Å²) in [6.07, 6.45) is 0. The topological polar surface area (TPSA) is 104 Å². The van der Waals surface area contributed by atoms with Gasteiger partial charge in [0, 0.05) is 0 Å². The van der Waals surface area contributed by atoms with Crippen LogP contribution in [0.1, 0.15) is 5.69 Å². The van der Waals surface area contributed by atoms with E-state index in [2.05, 4.69) is 9.97 Å². The van der Waals surface area contributed by atoms with Crippen LogP contribution >= 0.6 is 0 Å². The fraction of sp³-hybridized carbons (Fsp3) is 0.0909. The lowest BCUT2D eigenvalue weighted by Crippen LogP contribution is -2.04. The molecule has 7 nitrogen and oxygen atoms in total. The van der Waals surface area contributed by atoms with Gasteiger partial charge < -0.3 is 10.5 Å². The first-order chi connectivity index (χ1) is 8.58. The standard InChI is InChI=1S/C11H10N4O3/c1-7-9(15(16)17)10(14-11(12)13-7)18-8-5-3-2-4-6-8/h2-6H,1H3,(H2,12,13,14). The van der Waals surface area contributed by atoms with Crippen LogP contribution in [0.5, 0.6) is 11.6 Å². The van der Waals surface area contributed by atoms with Crippen molar-refractivity contribution in [1.82, 2.24) is 9.97 Å². The fourth-order valence-electron chi connectivity index (χ4n) is 1.44. The van der Waals surface area contributed by atoms with Crippen molar-refractivity contribution in [2.75, 3.05) is 5.73 Å². The highest BCUT2D eigenvalue weighted by atomic mass is 16.6. The van der Waals surface area contributed by atoms with Crippen LogP contribution in [0.2, 0.25) is 0 Å². The molecule has 1 aromatic carbocycles. The molecular weight excluding hydrogens is 236 g/mol. The van der Waals surface area contributed by atoms with Gasteiger partial charge in [0.2, 0.25) is 5.95 Å². The van der Waals surface area contributed by atoms with Crippen molar-refractivity contribution in [3.63, 3.8) is 0 Å². The molecule has 7 heteroatoms. The molecule has 0 aliphatic heterocycles. The lowest BCUT2D eigenvalue weighted by molar-refractivity contribution is -0.386. The quantitative estimate of drug-likeness (QED) is 0.656. The monoisotopic (exact) mass is 246 g/mol. The molecule has 0 aliphatic rings. The number of hydrogen-bond donors (Lipinski definition) is 1. The Morgan fingerprint density at radius 1 is 1.28 bits per heavy atom. The number of nitrogens with two attached hydrogens (primary N) is 1. The van der Waals surface area contributed by atoms with E-state index < -0.39 is 4.92 Å². The molecule has 0 unspecified atom stereocenters. The summed E-state index contributed by atoms with van der Waals surface area (Å²) in [5, 5.41) is 10.9. The maximum atomic E-state index is 10.9. The molecule has 2 N–H and O–H groups in total. The molecule has 2 aromatic rings. The van der Waals surface area contributed by atoms with Crippen LogP contribution in [-0.2, 0) is 0 Å². The number of para-hydroxylation sites is 1. The van der Waals surface area contributed by atoms with E-state index in [1.807, 2.05) is 0 Å². The number of anilines is 1. The van der Waals surface area contributed by atoms with E-state index in [0.717, 1.165) is 0 Å². The molecule has 1 aromatic heterocycles. The highest BCUT2D eigenvalue weighted by Gasteiger charge is 2.23. The van der Waals surface area contributed by atoms with Gasteiger partial charge in [-0.1, -0.05) is 18.2 Å². The number of nitro groups is 1. The predicted molar refractivity (Wildman–Crippen MR) is 64.4 cm³/mol. The molecule has 92 valence electrons. The lowest BCUT2D eigenvalue weighted by atomic mass is 10.3. The van der Waals surface area contributed by atoms with Gasteiger partial charge in [-0.05, 0) is 19.1 Å². The Balaban J connectivity index is 2.46. The maximum Gasteiger partial charge on any atom is 0.352 e. The minimum Gasteiger partial charge on any atom is -0.434 e. The van der Waals surface area contributed by atoms with Crippen molar-refractivity contribution in [2.24, 2.45) is 0 Å². The average molecular weight is 246 g/mol. The van der Waals surface area contributed by atoms with Gasteiger partial charge in [0.1, 0.15) is 11.4 Å². The summed E-state index contributed by atoms with van der Waals surface area (Å²) < 4.78 is 5.36. The minimum absolute atomic E-state index is 0.0657. The summed E-state index contributed by atoms with van der Waals surface area (Å²) in [6, 6.07) is 8.63. The van der Waals surface area contributed by atoms with E-state index in [4.69, 9.17) is 10.5 Å². The first-order valence-corrected chi connectivity index (χ1v) is 5.09. The number of hydrogen-bond acceptors (Lipinski definition) is 6. The summed E-state index contributed by atoms with van der Waals surface area (Å²) in [5.74, 6) is 0.221. The van der Waals surface area contributed by atoms with Crippen LogP contribution in [0.15, 0.2) is 30.3 Å². The largest absolute Gasteiger partial charge is 0.434 e. The number of aryl methyl sites for hydroxylation is 1. The van der Waals surface area contributed by atoms with Crippen LogP contribution in [0.3, 0.4) is 0 Å². The summed E-state index contributed by atoms with van der Waals surface area (Å²) in [7, 11) is 0. The SMILES string of the molecule is Cc1nc(N)nc(Oc2ccccc2)c1[N+](=O)[O-]. The zero-order valence-corrected chi connectivity index (χ0v) is 9.53. The zero-order chi connectivity index (χ0) is 13.1. The third-order valence-electron chi connectivity index (χ3n) is 2.18. The molecule has 0 fully saturated rings. The molecule has 0 bridgehead atoms. The first kappa shape index (κ1) is 11.8. The lowest BCUT2D eigenvalue weighted by Gasteiger charge is -2.06. The number of ether oxygens (including phenoxy) is 1. The summed E-state index contributed by atoms with van der Waals surface area (Å²) in [4.78, 5) is 17.9. The third kappa shape index (κ3) is 2.34. The van der Waals surface area contributed by atoms with Crippen molar-refractivity contribution in [3.8, 4) is 11.6 Å². The first-order valence-electron chi connectivity index (χ1n) is 5.09. The highest BCUT2D eigenvalue weighted by molar-refractivity contribution is 5.49. The van der Waals surface area contributed by atoms with E-state index in [1.165, 1.54) is 6.92 Å². The van der Waals surface area contributed by atoms with Crippen LogP contribution < -0.4 is 10.5 Å². The summed E-state index contributed by atoms with van der Waals surface area (Å²) in [5.41, 5.74) is 5.34. The number of nitrogens with zero attached hydrogens (tertiary/aromatic N) is 3. The van der Waals surface area contributed by atoms with Crippen molar-refractivity contribution < 1.29 is 9.66 Å². The average Bonchev–Trinajstić information content (AvgIpc) is 2.28. The molecule has 0 spiro atoms. The second-order valence-corrected chi connectivity index (χ2v) is 3.49. The zero-order valence-electron chi connectivity index (χ0n) is 9.53. The van der Waals surface area contributed by atoms with Gasteiger partial charge in [-0.2, -0.15) is 4.98 Å². The normalized spacial score (nSPS) is 10.1. The van der Waals surface area contributed by atoms with E-state index in [1.54, 1.807) is 30.3 Å². The molecule has 0 aliphatic carbocycles. The van der Waals surface area contributed by atoms with Crippen LogP contribution in [0.4, 0.5) is 11.6 Å². The Bertz CT molecular complexity index is 586. The number of benzene rings is 1. The van der Waals surface area contributed by atoms with Gasteiger partial charge in [0.25, 0.3) is 0 Å². The third-order valence-corrected chi connectivity index (χ3v) is 2.18. The smallest absolute Gasteiger partial charge is 0.352 e. The van der Waals surface area contributed by atoms with Gasteiger partial charge >= 0.3 is 11.6 Å². The van der Waals surface area contributed by atoms with Gasteiger partial charge in [-0.3, -0.25) is 10.1 Å². The molecule has 0 saturated heterocycles. The Morgan fingerprint density at radius 3 is 2.56 bits per heavy atom. The van der Waals surface area contributed by atoms with Crippen LogP contribution in [0, 0.1) is 17.0 Å². The highest BCUT2D eigenvalue weighted by Crippen LogP contribution is 2.31. The summed E-state index contributed by atoms with van der Waals surface area (Å²) in [6.45, 7) is 1.48. The van der Waals surface area contributed by atoms with Crippen molar-refractivity contribution in [1.29, 1.82) is 0 Å². The molecule has 0 atom stereocenters. The molecule has 0 amide bonds. The molecule has 2 rings (SSSR count). The minimum atomic E-state index is -0.590. The second kappa shape index (κ2) is 4.66. The van der Waals surface area contributed by atoms with Crippen LogP contribution in [0.25, 0.3) is 0 Å². The molecule has 0 saturated carbocycles. The molecular formula is C11H10N4O3. The maximum absolute atomic E-state index is 10.9. The van der Waals surface area contributed by atoms with Gasteiger partial charge in [0.15, 0.2) is 0 Å². The number of aromatic nitrogens is 2. The van der Waals surface area contributed by atoms with Crippen LogP contribution in [-0.4, -0.2) is 14.9 Å². The Morgan fingerprint density at radius 2 is 1.94 bits per heavy atom. The van der Waals surface area contributed by atoms with E-state index in [-0.39, 0.29) is 23.2 Å². The van der Waals surface area contributed by atoms with Crippen molar-refractivity contribution >= 4 is 11.6 Å². The number of nitrogen functional groups attached to an aromatic ring is 1. The van der Waals surface area contributed by atoms with E-state index in [9.17, 15) is 10.1 Å². The van der Waals surface area contributed by atoms with Crippen molar-refractivity contribution in [3.05, 3.63) is 46.1 Å². The van der Waals surface area contributed by atoms with E-state index >= 15 is 0 Å². The fourth-order valence-corrected chi connectivity index (χ4v) is 1.44. The van der Waals surface area contributed by atoms with Gasteiger partial charge in [-0.15, -0.1) is 0 Å². The molecule has 1 heterocycles. The van der Waals surface area contributed by atoms with E-state index in [0.29, 0.717) is 5.75 Å². The van der Waals surface area contributed by atoms with Gasteiger partial charge in [0.05, 0.1) is 4.92 Å². The Hall–Kier alpha value is -2.70. The Labute approximate surface area is 102 Å². The Kier molecular flexibility index (Phi) is 3.05.